The van der Waals surface area contributed by atoms with Crippen molar-refractivity contribution in [2.45, 2.75) is 13.3 Å². The van der Waals surface area contributed by atoms with Crippen molar-refractivity contribution in [1.29, 1.82) is 0 Å². The number of hydrogen-bond donors (Lipinski definition) is 1. The van der Waals surface area contributed by atoms with E-state index < -0.39 is 23.3 Å². The first-order valence-corrected chi connectivity index (χ1v) is 8.68. The second-order valence-electron chi connectivity index (χ2n) is 6.25. The summed E-state index contributed by atoms with van der Waals surface area (Å²) in [5, 5.41) is 3.22. The van der Waals surface area contributed by atoms with Crippen LogP contribution in [0.4, 0.5) is 10.1 Å². The first kappa shape index (κ1) is 20.1. The molecule has 0 radical (unpaired) electrons. The minimum absolute atomic E-state index is 0.178. The lowest BCUT2D eigenvalue weighted by atomic mass is 10.0. The minimum atomic E-state index is -0.633. The van der Waals surface area contributed by atoms with Crippen LogP contribution in [0.5, 0.6) is 5.75 Å². The maximum atomic E-state index is 12.9. The molecule has 150 valence electrons. The van der Waals surface area contributed by atoms with E-state index in [1.54, 1.807) is 19.1 Å². The van der Waals surface area contributed by atoms with Gasteiger partial charge in [-0.05, 0) is 48.9 Å². The van der Waals surface area contributed by atoms with Gasteiger partial charge in [0, 0.05) is 17.1 Å². The van der Waals surface area contributed by atoms with E-state index in [2.05, 4.69) is 10.1 Å². The Morgan fingerprint density at radius 3 is 2.55 bits per heavy atom. The maximum absolute atomic E-state index is 12.9. The van der Waals surface area contributed by atoms with Crippen molar-refractivity contribution < 1.29 is 27.9 Å². The molecule has 3 rings (SSSR count). The zero-order chi connectivity index (χ0) is 21.0. The Labute approximate surface area is 165 Å². The molecule has 0 spiro atoms. The Bertz CT molecular complexity index is 1120. The number of rotatable bonds is 6. The second-order valence-corrected chi connectivity index (χ2v) is 6.25. The van der Waals surface area contributed by atoms with Crippen molar-refractivity contribution in [3.63, 3.8) is 0 Å². The van der Waals surface area contributed by atoms with Crippen molar-refractivity contribution in [2.75, 3.05) is 19.0 Å². The molecule has 0 bridgehead atoms. The van der Waals surface area contributed by atoms with Crippen LogP contribution in [0, 0.1) is 12.7 Å². The molecule has 0 saturated carbocycles. The lowest BCUT2D eigenvalue weighted by Crippen LogP contribution is -2.20. The summed E-state index contributed by atoms with van der Waals surface area (Å²) >= 11 is 0. The summed E-state index contributed by atoms with van der Waals surface area (Å²) in [6, 6.07) is 10.2. The number of ether oxygens (including phenoxy) is 2. The van der Waals surface area contributed by atoms with Gasteiger partial charge in [-0.15, -0.1) is 0 Å². The van der Waals surface area contributed by atoms with Crippen LogP contribution in [0.25, 0.3) is 11.0 Å². The zero-order valence-corrected chi connectivity index (χ0v) is 15.8. The highest BCUT2D eigenvalue weighted by molar-refractivity contribution is 5.92. The van der Waals surface area contributed by atoms with Crippen LogP contribution in [0.1, 0.15) is 11.1 Å². The summed E-state index contributed by atoms with van der Waals surface area (Å²) in [4.78, 5) is 35.7. The Balaban J connectivity index is 1.73. The van der Waals surface area contributed by atoms with Crippen LogP contribution in [0.3, 0.4) is 0 Å². The number of carbonyl (C=O) groups excluding carboxylic acids is 2. The summed E-state index contributed by atoms with van der Waals surface area (Å²) in [7, 11) is 1.25. The van der Waals surface area contributed by atoms with E-state index in [0.717, 1.165) is 0 Å². The number of halogens is 1. The molecule has 0 aliphatic heterocycles. The number of esters is 1. The number of aryl methyl sites for hydroxylation is 1. The van der Waals surface area contributed by atoms with Crippen molar-refractivity contribution >= 4 is 28.5 Å². The van der Waals surface area contributed by atoms with Crippen LogP contribution in [0.15, 0.2) is 51.7 Å². The molecule has 0 aliphatic carbocycles. The van der Waals surface area contributed by atoms with Crippen molar-refractivity contribution in [3.8, 4) is 5.75 Å². The van der Waals surface area contributed by atoms with Gasteiger partial charge in [0.15, 0.2) is 6.61 Å². The quantitative estimate of drug-likeness (QED) is 0.506. The van der Waals surface area contributed by atoms with E-state index in [-0.39, 0.29) is 24.2 Å². The smallest absolute Gasteiger partial charge is 0.340 e. The summed E-state index contributed by atoms with van der Waals surface area (Å²) in [5.41, 5.74) is 0.932. The van der Waals surface area contributed by atoms with Crippen LogP contribution in [-0.4, -0.2) is 25.6 Å². The predicted molar refractivity (Wildman–Crippen MR) is 103 cm³/mol. The standard InChI is InChI=1S/C21H18FNO6/c1-12-16-8-7-15(9-18(16)29-21(26)17(12)10-20(25)27-2)28-11-19(24)23-14-5-3-13(22)4-6-14/h3-9H,10-11H2,1-2H3,(H,23,24). The molecule has 0 saturated heterocycles. The third-order valence-corrected chi connectivity index (χ3v) is 4.31. The molecule has 1 heterocycles. The molecule has 0 aliphatic rings. The number of fused-ring (bicyclic) bond motifs is 1. The maximum Gasteiger partial charge on any atom is 0.340 e. The fourth-order valence-corrected chi connectivity index (χ4v) is 2.76. The average molecular weight is 399 g/mol. The van der Waals surface area contributed by atoms with Gasteiger partial charge in [-0.25, -0.2) is 9.18 Å². The summed E-state index contributed by atoms with van der Waals surface area (Å²) in [6.45, 7) is 1.43. The number of hydrogen-bond acceptors (Lipinski definition) is 6. The van der Waals surface area contributed by atoms with Gasteiger partial charge >= 0.3 is 11.6 Å². The molecular formula is C21H18FNO6. The van der Waals surface area contributed by atoms with Gasteiger partial charge < -0.3 is 19.2 Å². The lowest BCUT2D eigenvalue weighted by Gasteiger charge is -2.10. The molecule has 1 N–H and O–H groups in total. The van der Waals surface area contributed by atoms with Gasteiger partial charge in [0.1, 0.15) is 17.1 Å². The van der Waals surface area contributed by atoms with Crippen LogP contribution in [-0.2, 0) is 20.7 Å². The molecule has 8 heteroatoms. The summed E-state index contributed by atoms with van der Waals surface area (Å²) in [5.74, 6) is -1.04. The number of amides is 1. The second kappa shape index (κ2) is 8.55. The van der Waals surface area contributed by atoms with Crippen LogP contribution < -0.4 is 15.7 Å². The minimum Gasteiger partial charge on any atom is -0.484 e. The van der Waals surface area contributed by atoms with Crippen LogP contribution in [0.2, 0.25) is 0 Å². The molecule has 0 atom stereocenters. The van der Waals surface area contributed by atoms with Gasteiger partial charge in [0.25, 0.3) is 5.91 Å². The first-order valence-electron chi connectivity index (χ1n) is 8.68. The highest BCUT2D eigenvalue weighted by Crippen LogP contribution is 2.24. The fourth-order valence-electron chi connectivity index (χ4n) is 2.76. The van der Waals surface area contributed by atoms with E-state index in [1.807, 2.05) is 0 Å². The summed E-state index contributed by atoms with van der Waals surface area (Å²) in [6.07, 6.45) is -0.178. The van der Waals surface area contributed by atoms with Crippen molar-refractivity contribution in [3.05, 3.63) is 69.8 Å². The third-order valence-electron chi connectivity index (χ3n) is 4.31. The van der Waals surface area contributed by atoms with Gasteiger partial charge in [-0.3, -0.25) is 9.59 Å². The van der Waals surface area contributed by atoms with Gasteiger partial charge in [-0.2, -0.15) is 0 Å². The zero-order valence-electron chi connectivity index (χ0n) is 15.8. The molecule has 2 aromatic carbocycles. The largest absolute Gasteiger partial charge is 0.484 e. The van der Waals surface area contributed by atoms with E-state index in [4.69, 9.17) is 9.15 Å². The molecule has 0 fully saturated rings. The number of benzene rings is 2. The SMILES string of the molecule is COC(=O)Cc1c(C)c2ccc(OCC(=O)Nc3ccc(F)cc3)cc2oc1=O. The average Bonchev–Trinajstić information content (AvgIpc) is 2.71. The molecule has 1 aromatic heterocycles. The molecule has 29 heavy (non-hydrogen) atoms. The number of carbonyl (C=O) groups is 2. The first-order chi connectivity index (χ1) is 13.9. The Morgan fingerprint density at radius 1 is 1.14 bits per heavy atom. The monoisotopic (exact) mass is 399 g/mol. The Hall–Kier alpha value is -3.68. The lowest BCUT2D eigenvalue weighted by molar-refractivity contribution is -0.139. The molecule has 3 aromatic rings. The fraction of sp³-hybridized carbons (Fsp3) is 0.190. The third kappa shape index (κ3) is 4.78. The number of anilines is 1. The number of nitrogens with one attached hydrogen (secondary N) is 1. The van der Waals surface area contributed by atoms with Crippen molar-refractivity contribution in [2.24, 2.45) is 0 Å². The number of methoxy groups -OCH3 is 1. The van der Waals surface area contributed by atoms with E-state index >= 15 is 0 Å². The highest BCUT2D eigenvalue weighted by Gasteiger charge is 2.16. The van der Waals surface area contributed by atoms with Crippen LogP contribution >= 0.6 is 0 Å². The highest BCUT2D eigenvalue weighted by atomic mass is 19.1. The van der Waals surface area contributed by atoms with Gasteiger partial charge in [0.2, 0.25) is 0 Å². The van der Waals surface area contributed by atoms with Gasteiger partial charge in [-0.1, -0.05) is 0 Å². The van der Waals surface area contributed by atoms with Gasteiger partial charge in [0.05, 0.1) is 19.1 Å². The van der Waals surface area contributed by atoms with E-state index in [0.29, 0.717) is 22.4 Å². The molecule has 1 amide bonds. The normalized spacial score (nSPS) is 10.6. The Kier molecular flexibility index (Phi) is 5.92. The molecule has 0 unspecified atom stereocenters. The summed E-state index contributed by atoms with van der Waals surface area (Å²) < 4.78 is 28.2. The van der Waals surface area contributed by atoms with E-state index in [9.17, 15) is 18.8 Å². The predicted octanol–water partition coefficient (Wildman–Crippen LogP) is 2.97. The van der Waals surface area contributed by atoms with Crippen molar-refractivity contribution in [1.82, 2.24) is 0 Å². The molecule has 7 nitrogen and oxygen atoms in total. The van der Waals surface area contributed by atoms with E-state index in [1.165, 1.54) is 37.4 Å². The molecular weight excluding hydrogens is 381 g/mol. The Morgan fingerprint density at radius 2 is 1.86 bits per heavy atom. The topological polar surface area (TPSA) is 94.8 Å².